The maximum absolute atomic E-state index is 13.2. The second-order valence-electron chi connectivity index (χ2n) is 5.86. The maximum Gasteiger partial charge on any atom is 0.294 e. The molecule has 0 aromatic heterocycles. The lowest BCUT2D eigenvalue weighted by Crippen LogP contribution is -2.36. The van der Waals surface area contributed by atoms with E-state index in [9.17, 15) is 18.8 Å². The first-order valence-electron chi connectivity index (χ1n) is 7.90. The number of nitrogens with one attached hydrogen (secondary N) is 1. The summed E-state index contributed by atoms with van der Waals surface area (Å²) in [7, 11) is 0. The highest BCUT2D eigenvalue weighted by atomic mass is 35.5. The maximum atomic E-state index is 13.2. The summed E-state index contributed by atoms with van der Waals surface area (Å²) in [5.41, 5.74) is 2.14. The van der Waals surface area contributed by atoms with Gasteiger partial charge in [-0.3, -0.25) is 19.3 Å². The van der Waals surface area contributed by atoms with Gasteiger partial charge in [-0.1, -0.05) is 41.4 Å². The van der Waals surface area contributed by atoms with E-state index >= 15 is 0 Å². The van der Waals surface area contributed by atoms with Crippen LogP contribution in [0.3, 0.4) is 0 Å². The van der Waals surface area contributed by atoms with Crippen LogP contribution in [-0.4, -0.2) is 28.5 Å². The largest absolute Gasteiger partial charge is 0.324 e. The number of aryl methyl sites for hydroxylation is 1. The Balaban J connectivity index is 1.68. The van der Waals surface area contributed by atoms with Crippen LogP contribution < -0.4 is 5.32 Å². The number of hydrogen-bond donors (Lipinski definition) is 1. The summed E-state index contributed by atoms with van der Waals surface area (Å²) in [6.45, 7) is 1.51. The van der Waals surface area contributed by atoms with Gasteiger partial charge in [0.2, 0.25) is 5.91 Å². The van der Waals surface area contributed by atoms with Crippen molar-refractivity contribution in [1.82, 2.24) is 4.90 Å². The molecule has 1 fully saturated rings. The minimum atomic E-state index is -0.609. The number of rotatable bonds is 4. The molecule has 2 aromatic carbocycles. The van der Waals surface area contributed by atoms with Crippen molar-refractivity contribution in [2.75, 3.05) is 11.9 Å². The van der Waals surface area contributed by atoms with E-state index < -0.39 is 29.4 Å². The number of carbonyl (C=O) groups is 3. The number of benzene rings is 2. The van der Waals surface area contributed by atoms with Gasteiger partial charge < -0.3 is 5.32 Å². The first-order valence-corrected chi connectivity index (χ1v) is 9.10. The van der Waals surface area contributed by atoms with Crippen molar-refractivity contribution in [2.24, 2.45) is 0 Å². The van der Waals surface area contributed by atoms with Crippen LogP contribution in [0.2, 0.25) is 5.02 Å². The van der Waals surface area contributed by atoms with Crippen molar-refractivity contribution < 1.29 is 18.8 Å². The minimum Gasteiger partial charge on any atom is -0.324 e. The van der Waals surface area contributed by atoms with Crippen LogP contribution in [-0.2, 0) is 9.59 Å². The molecular weight excluding hydrogens is 391 g/mol. The zero-order valence-corrected chi connectivity index (χ0v) is 15.7. The Labute approximate surface area is 164 Å². The van der Waals surface area contributed by atoms with Gasteiger partial charge in [-0.05, 0) is 48.5 Å². The molecule has 1 saturated heterocycles. The summed E-state index contributed by atoms with van der Waals surface area (Å²) < 4.78 is 13.2. The first-order chi connectivity index (χ1) is 12.8. The van der Waals surface area contributed by atoms with Gasteiger partial charge in [0.05, 0.1) is 9.93 Å². The highest BCUT2D eigenvalue weighted by Crippen LogP contribution is 2.32. The monoisotopic (exact) mass is 404 g/mol. The third-order valence-corrected chi connectivity index (χ3v) is 4.95. The van der Waals surface area contributed by atoms with Crippen molar-refractivity contribution in [3.63, 3.8) is 0 Å². The Hall–Kier alpha value is -2.64. The lowest BCUT2D eigenvalue weighted by Gasteiger charge is -2.12. The van der Waals surface area contributed by atoms with E-state index in [0.29, 0.717) is 0 Å². The predicted octanol–water partition coefficient (Wildman–Crippen LogP) is 4.46. The molecule has 0 radical (unpaired) electrons. The molecule has 27 heavy (non-hydrogen) atoms. The second-order valence-corrected chi connectivity index (χ2v) is 7.26. The zero-order chi connectivity index (χ0) is 19.6. The molecule has 5 nitrogen and oxygen atoms in total. The molecule has 0 atom stereocenters. The first kappa shape index (κ1) is 19.1. The van der Waals surface area contributed by atoms with Crippen LogP contribution >= 0.6 is 23.4 Å². The van der Waals surface area contributed by atoms with E-state index in [1.807, 2.05) is 31.2 Å². The van der Waals surface area contributed by atoms with Crippen molar-refractivity contribution in [3.8, 4) is 0 Å². The lowest BCUT2D eigenvalue weighted by atomic mass is 10.1. The summed E-state index contributed by atoms with van der Waals surface area (Å²) >= 11 is 6.45. The molecule has 1 N–H and O–H groups in total. The number of amides is 3. The number of thioether (sulfide) groups is 1. The number of imide groups is 1. The predicted molar refractivity (Wildman–Crippen MR) is 104 cm³/mol. The van der Waals surface area contributed by atoms with Crippen molar-refractivity contribution >= 4 is 52.2 Å². The number of halogens is 2. The van der Waals surface area contributed by atoms with Crippen LogP contribution in [0, 0.1) is 12.7 Å². The molecule has 0 unspecified atom stereocenters. The molecule has 138 valence electrons. The van der Waals surface area contributed by atoms with Crippen LogP contribution in [0.4, 0.5) is 14.9 Å². The summed E-state index contributed by atoms with van der Waals surface area (Å²) in [6, 6.07) is 11.2. The Bertz CT molecular complexity index is 960. The van der Waals surface area contributed by atoms with Crippen molar-refractivity contribution in [1.29, 1.82) is 0 Å². The van der Waals surface area contributed by atoms with Gasteiger partial charge in [0.15, 0.2) is 0 Å². The Morgan fingerprint density at radius 3 is 2.59 bits per heavy atom. The molecule has 1 aliphatic rings. The van der Waals surface area contributed by atoms with E-state index in [-0.39, 0.29) is 15.6 Å². The van der Waals surface area contributed by atoms with Gasteiger partial charge in [-0.15, -0.1) is 0 Å². The number of carbonyl (C=O) groups excluding carboxylic acids is 3. The van der Waals surface area contributed by atoms with Gasteiger partial charge in [0.25, 0.3) is 11.1 Å². The Morgan fingerprint density at radius 1 is 1.22 bits per heavy atom. The molecule has 1 aliphatic heterocycles. The minimum absolute atomic E-state index is 0.139. The van der Waals surface area contributed by atoms with Crippen LogP contribution in [0.25, 0.3) is 6.08 Å². The Kier molecular flexibility index (Phi) is 5.62. The third kappa shape index (κ3) is 4.56. The fourth-order valence-electron chi connectivity index (χ4n) is 2.37. The zero-order valence-electron chi connectivity index (χ0n) is 14.2. The van der Waals surface area contributed by atoms with E-state index in [4.69, 9.17) is 11.6 Å². The van der Waals surface area contributed by atoms with Gasteiger partial charge in [-0.25, -0.2) is 4.39 Å². The molecule has 3 rings (SSSR count). The average Bonchev–Trinajstić information content (AvgIpc) is 2.87. The van der Waals surface area contributed by atoms with E-state index in [2.05, 4.69) is 5.32 Å². The molecule has 0 bridgehead atoms. The van der Waals surface area contributed by atoms with E-state index in [0.717, 1.165) is 33.9 Å². The van der Waals surface area contributed by atoms with Gasteiger partial charge in [-0.2, -0.15) is 0 Å². The topological polar surface area (TPSA) is 66.5 Å². The van der Waals surface area contributed by atoms with E-state index in [1.165, 1.54) is 12.1 Å². The van der Waals surface area contributed by atoms with Crippen molar-refractivity contribution in [3.05, 3.63) is 69.3 Å². The fraction of sp³-hybridized carbons (Fsp3) is 0.105. The average molecular weight is 405 g/mol. The normalized spacial score (nSPS) is 15.5. The van der Waals surface area contributed by atoms with Gasteiger partial charge in [0.1, 0.15) is 12.4 Å². The van der Waals surface area contributed by atoms with Gasteiger partial charge in [0, 0.05) is 5.69 Å². The molecule has 3 amide bonds. The molecule has 0 aliphatic carbocycles. The number of anilines is 1. The molecular formula is C19H14ClFN2O3S. The fourth-order valence-corrected chi connectivity index (χ4v) is 3.39. The van der Waals surface area contributed by atoms with E-state index in [1.54, 1.807) is 6.08 Å². The molecule has 1 heterocycles. The van der Waals surface area contributed by atoms with Crippen molar-refractivity contribution in [2.45, 2.75) is 6.92 Å². The van der Waals surface area contributed by atoms with Gasteiger partial charge >= 0.3 is 0 Å². The SMILES string of the molecule is Cc1ccc(/C=C2/SC(=O)N(CC(=O)Nc3ccc(F)c(Cl)c3)C2=O)cc1. The molecule has 0 spiro atoms. The number of nitrogens with zero attached hydrogens (tertiary/aromatic N) is 1. The quantitative estimate of drug-likeness (QED) is 0.764. The smallest absolute Gasteiger partial charge is 0.294 e. The summed E-state index contributed by atoms with van der Waals surface area (Å²) in [5.74, 6) is -1.73. The van der Waals surface area contributed by atoms with Crippen LogP contribution in [0.5, 0.6) is 0 Å². The summed E-state index contributed by atoms with van der Waals surface area (Å²) in [6.07, 6.45) is 1.61. The second kappa shape index (κ2) is 7.94. The standard InChI is InChI=1S/C19H14ClFN2O3S/c1-11-2-4-12(5-3-11)8-16-18(25)23(19(26)27-16)10-17(24)22-13-6-7-15(21)14(20)9-13/h2-9H,10H2,1H3,(H,22,24)/b16-8+. The summed E-state index contributed by atoms with van der Waals surface area (Å²) in [5, 5.41) is 1.82. The van der Waals surface area contributed by atoms with Crippen LogP contribution in [0.1, 0.15) is 11.1 Å². The molecule has 0 saturated carbocycles. The highest BCUT2D eigenvalue weighted by Gasteiger charge is 2.36. The number of hydrogen-bond acceptors (Lipinski definition) is 4. The highest BCUT2D eigenvalue weighted by molar-refractivity contribution is 8.18. The van der Waals surface area contributed by atoms with Crippen LogP contribution in [0.15, 0.2) is 47.4 Å². The lowest BCUT2D eigenvalue weighted by molar-refractivity contribution is -0.127. The molecule has 2 aromatic rings. The molecule has 8 heteroatoms. The Morgan fingerprint density at radius 2 is 1.93 bits per heavy atom. The summed E-state index contributed by atoms with van der Waals surface area (Å²) in [4.78, 5) is 37.8. The third-order valence-electron chi connectivity index (χ3n) is 3.75.